The van der Waals surface area contributed by atoms with E-state index in [9.17, 15) is 4.79 Å². The number of carboxylic acid groups (broad SMARTS) is 1. The number of nitrogens with two attached hydrogens (primary N) is 1. The van der Waals surface area contributed by atoms with Gasteiger partial charge in [0.1, 0.15) is 0 Å². The Labute approximate surface area is 82.9 Å². The van der Waals surface area contributed by atoms with Crippen LogP contribution in [0.3, 0.4) is 0 Å². The lowest BCUT2D eigenvalue weighted by Gasteiger charge is -2.20. The Kier molecular flexibility index (Phi) is 3.62. The Bertz CT molecular complexity index is 300. The monoisotopic (exact) mass is 194 g/mol. The third-order valence-corrected chi connectivity index (χ3v) is 2.00. The van der Waals surface area contributed by atoms with Gasteiger partial charge in [-0.05, 0) is 12.6 Å². The van der Waals surface area contributed by atoms with Crippen molar-refractivity contribution in [2.24, 2.45) is 5.73 Å². The molecule has 0 aliphatic carbocycles. The van der Waals surface area contributed by atoms with Crippen LogP contribution in [-0.4, -0.2) is 29.2 Å². The number of carbonyl (C=O) groups is 1. The van der Waals surface area contributed by atoms with Crippen LogP contribution in [-0.2, 0) is 11.3 Å². The molecule has 14 heavy (non-hydrogen) atoms. The molecule has 0 radical (unpaired) electrons. The van der Waals surface area contributed by atoms with Crippen molar-refractivity contribution in [3.63, 3.8) is 0 Å². The van der Waals surface area contributed by atoms with E-state index in [-0.39, 0.29) is 0 Å². The molecule has 0 spiro atoms. The molecular formula is C10H14N2O2. The molecule has 1 rings (SSSR count). The van der Waals surface area contributed by atoms with Crippen molar-refractivity contribution in [3.8, 4) is 0 Å². The van der Waals surface area contributed by atoms with E-state index in [1.165, 1.54) is 0 Å². The minimum Gasteiger partial charge on any atom is -0.479 e. The highest BCUT2D eigenvalue weighted by molar-refractivity contribution is 5.72. The largest absolute Gasteiger partial charge is 0.479 e. The van der Waals surface area contributed by atoms with E-state index in [4.69, 9.17) is 10.8 Å². The summed E-state index contributed by atoms with van der Waals surface area (Å²) in [6.07, 6.45) is -0.949. The van der Waals surface area contributed by atoms with Crippen molar-refractivity contribution in [1.29, 1.82) is 0 Å². The summed E-state index contributed by atoms with van der Waals surface area (Å²) in [4.78, 5) is 12.1. The predicted octanol–water partition coefficient (Wildman–Crippen LogP) is 0.488. The summed E-state index contributed by atoms with van der Waals surface area (Å²) in [6.45, 7) is 0.536. The zero-order valence-corrected chi connectivity index (χ0v) is 8.05. The first-order valence-electron chi connectivity index (χ1n) is 4.34. The van der Waals surface area contributed by atoms with Gasteiger partial charge in [-0.2, -0.15) is 0 Å². The lowest BCUT2D eigenvalue weighted by molar-refractivity contribution is -0.142. The van der Waals surface area contributed by atoms with Crippen molar-refractivity contribution in [2.45, 2.75) is 12.7 Å². The molecule has 0 bridgehead atoms. The molecule has 0 fully saturated rings. The third kappa shape index (κ3) is 2.83. The number of hydrogen-bond donors (Lipinski definition) is 2. The fourth-order valence-corrected chi connectivity index (χ4v) is 1.16. The number of nitrogens with zero attached hydrogens (tertiary/aromatic N) is 1. The third-order valence-electron chi connectivity index (χ3n) is 2.00. The van der Waals surface area contributed by atoms with Gasteiger partial charge in [0.15, 0.2) is 6.17 Å². The fourth-order valence-electron chi connectivity index (χ4n) is 1.16. The molecule has 0 saturated carbocycles. The molecule has 4 heteroatoms. The van der Waals surface area contributed by atoms with Crippen LogP contribution < -0.4 is 5.73 Å². The topological polar surface area (TPSA) is 66.6 Å². The first-order chi connectivity index (χ1) is 6.61. The molecule has 0 aliphatic heterocycles. The molecule has 1 aromatic rings. The minimum absolute atomic E-state index is 0.536. The summed E-state index contributed by atoms with van der Waals surface area (Å²) < 4.78 is 0. The summed E-state index contributed by atoms with van der Waals surface area (Å²) in [6, 6.07) is 9.61. The molecule has 0 aliphatic rings. The van der Waals surface area contributed by atoms with Crippen LogP contribution in [0.5, 0.6) is 0 Å². The Hall–Kier alpha value is -1.39. The maximum atomic E-state index is 10.6. The van der Waals surface area contributed by atoms with Gasteiger partial charge in [0, 0.05) is 6.54 Å². The molecule has 4 nitrogen and oxygen atoms in total. The summed E-state index contributed by atoms with van der Waals surface area (Å²) in [5.74, 6) is -1.01. The van der Waals surface area contributed by atoms with Gasteiger partial charge >= 0.3 is 5.97 Å². The summed E-state index contributed by atoms with van der Waals surface area (Å²) >= 11 is 0. The number of benzene rings is 1. The number of carboxylic acids is 1. The van der Waals surface area contributed by atoms with Gasteiger partial charge in [-0.1, -0.05) is 30.3 Å². The van der Waals surface area contributed by atoms with Crippen LogP contribution in [0.2, 0.25) is 0 Å². The number of likely N-dealkylation sites (N-methyl/N-ethyl adjacent to an activating group) is 1. The minimum atomic E-state index is -1.01. The van der Waals surface area contributed by atoms with Crippen LogP contribution in [0.1, 0.15) is 5.56 Å². The second-order valence-corrected chi connectivity index (χ2v) is 3.18. The number of aliphatic carboxylic acids is 1. The van der Waals surface area contributed by atoms with Gasteiger partial charge in [0.25, 0.3) is 0 Å². The molecule has 0 unspecified atom stereocenters. The van der Waals surface area contributed by atoms with Crippen LogP contribution in [0, 0.1) is 0 Å². The standard InChI is InChI=1S/C10H14N2O2/c1-12(9(11)10(13)14)7-8-5-3-2-4-6-8/h2-6,9H,7,11H2,1H3,(H,13,14)/t9-/m1/s1. The van der Waals surface area contributed by atoms with Crippen LogP contribution in [0.4, 0.5) is 0 Å². The molecule has 0 aromatic heterocycles. The van der Waals surface area contributed by atoms with Crippen LogP contribution >= 0.6 is 0 Å². The van der Waals surface area contributed by atoms with E-state index in [2.05, 4.69) is 0 Å². The van der Waals surface area contributed by atoms with E-state index < -0.39 is 12.1 Å². The normalized spacial score (nSPS) is 12.8. The maximum absolute atomic E-state index is 10.6. The van der Waals surface area contributed by atoms with Crippen molar-refractivity contribution < 1.29 is 9.90 Å². The van der Waals surface area contributed by atoms with Crippen molar-refractivity contribution in [1.82, 2.24) is 4.90 Å². The Balaban J connectivity index is 2.57. The van der Waals surface area contributed by atoms with Gasteiger partial charge in [-0.15, -0.1) is 0 Å². The summed E-state index contributed by atoms with van der Waals surface area (Å²) in [5.41, 5.74) is 6.48. The van der Waals surface area contributed by atoms with E-state index in [1.54, 1.807) is 11.9 Å². The smallest absolute Gasteiger partial charge is 0.335 e. The summed E-state index contributed by atoms with van der Waals surface area (Å²) in [7, 11) is 1.69. The highest BCUT2D eigenvalue weighted by Crippen LogP contribution is 2.03. The van der Waals surface area contributed by atoms with E-state index >= 15 is 0 Å². The van der Waals surface area contributed by atoms with E-state index in [0.29, 0.717) is 6.54 Å². The molecule has 0 heterocycles. The number of hydrogen-bond acceptors (Lipinski definition) is 3. The maximum Gasteiger partial charge on any atom is 0.335 e. The van der Waals surface area contributed by atoms with Crippen molar-refractivity contribution >= 4 is 5.97 Å². The Morgan fingerprint density at radius 2 is 2.07 bits per heavy atom. The van der Waals surface area contributed by atoms with E-state index in [0.717, 1.165) is 5.56 Å². The average Bonchev–Trinajstić information content (AvgIpc) is 2.18. The Morgan fingerprint density at radius 1 is 1.50 bits per heavy atom. The first-order valence-corrected chi connectivity index (χ1v) is 4.34. The van der Waals surface area contributed by atoms with Gasteiger partial charge in [-0.3, -0.25) is 4.90 Å². The molecule has 76 valence electrons. The van der Waals surface area contributed by atoms with Crippen molar-refractivity contribution in [2.75, 3.05) is 7.05 Å². The Morgan fingerprint density at radius 3 is 2.57 bits per heavy atom. The van der Waals surface area contributed by atoms with Crippen LogP contribution in [0.25, 0.3) is 0 Å². The fraction of sp³-hybridized carbons (Fsp3) is 0.300. The molecule has 0 saturated heterocycles. The first kappa shape index (κ1) is 10.7. The van der Waals surface area contributed by atoms with E-state index in [1.807, 2.05) is 30.3 Å². The van der Waals surface area contributed by atoms with Crippen molar-refractivity contribution in [3.05, 3.63) is 35.9 Å². The second kappa shape index (κ2) is 4.74. The van der Waals surface area contributed by atoms with Gasteiger partial charge < -0.3 is 10.8 Å². The molecule has 3 N–H and O–H groups in total. The summed E-state index contributed by atoms with van der Waals surface area (Å²) in [5, 5.41) is 8.66. The second-order valence-electron chi connectivity index (χ2n) is 3.18. The average molecular weight is 194 g/mol. The molecule has 1 atom stereocenters. The quantitative estimate of drug-likeness (QED) is 0.684. The molecular weight excluding hydrogens is 180 g/mol. The highest BCUT2D eigenvalue weighted by Gasteiger charge is 2.16. The molecule has 0 amide bonds. The SMILES string of the molecule is CN(Cc1ccccc1)[C@@H](N)C(=O)O. The predicted molar refractivity (Wildman–Crippen MR) is 53.5 cm³/mol. The number of rotatable bonds is 4. The lowest BCUT2D eigenvalue weighted by atomic mass is 10.2. The van der Waals surface area contributed by atoms with Gasteiger partial charge in [0.05, 0.1) is 0 Å². The van der Waals surface area contributed by atoms with Gasteiger partial charge in [0.2, 0.25) is 0 Å². The lowest BCUT2D eigenvalue weighted by Crippen LogP contribution is -2.44. The van der Waals surface area contributed by atoms with Gasteiger partial charge in [-0.25, -0.2) is 4.79 Å². The zero-order valence-electron chi connectivity index (χ0n) is 8.05. The van der Waals surface area contributed by atoms with Crippen LogP contribution in [0.15, 0.2) is 30.3 Å². The zero-order chi connectivity index (χ0) is 10.6. The molecule has 1 aromatic carbocycles. The highest BCUT2D eigenvalue weighted by atomic mass is 16.4.